The van der Waals surface area contributed by atoms with E-state index in [0.717, 1.165) is 25.2 Å². The number of aliphatic imine (C=N–C) groups is 1. The van der Waals surface area contributed by atoms with Crippen LogP contribution in [0.3, 0.4) is 0 Å². The van der Waals surface area contributed by atoms with Gasteiger partial charge in [-0.2, -0.15) is 0 Å². The molecule has 9 heteroatoms. The molecule has 164 valence electrons. The highest BCUT2D eigenvalue weighted by Gasteiger charge is 2.23. The summed E-state index contributed by atoms with van der Waals surface area (Å²) in [5.74, 6) is 0.658. The van der Waals surface area contributed by atoms with Gasteiger partial charge in [0.1, 0.15) is 0 Å². The second-order valence-electron chi connectivity index (χ2n) is 6.85. The van der Waals surface area contributed by atoms with Crippen molar-refractivity contribution < 1.29 is 18.3 Å². The van der Waals surface area contributed by atoms with Crippen LogP contribution in [0.5, 0.6) is 11.5 Å². The van der Waals surface area contributed by atoms with Crippen LogP contribution in [0.2, 0.25) is 0 Å². The number of halogens is 3. The van der Waals surface area contributed by atoms with Crippen molar-refractivity contribution in [3.63, 3.8) is 0 Å². The molecule has 0 aromatic heterocycles. The average molecular weight is 532 g/mol. The number of anilines is 2. The van der Waals surface area contributed by atoms with Crippen LogP contribution in [0.1, 0.15) is 6.42 Å². The molecule has 1 unspecified atom stereocenters. The van der Waals surface area contributed by atoms with Crippen molar-refractivity contribution in [3.05, 3.63) is 48.0 Å². The molecular weight excluding hydrogens is 505 g/mol. The van der Waals surface area contributed by atoms with E-state index < -0.39 is 11.6 Å². The zero-order valence-electron chi connectivity index (χ0n) is 17.2. The molecule has 0 bridgehead atoms. The van der Waals surface area contributed by atoms with E-state index in [2.05, 4.69) is 20.5 Å². The Morgan fingerprint density at radius 1 is 1.10 bits per heavy atom. The summed E-state index contributed by atoms with van der Waals surface area (Å²) in [5, 5.41) is 6.56. The summed E-state index contributed by atoms with van der Waals surface area (Å²) in [6.45, 7) is 2.29. The molecule has 0 spiro atoms. The first-order chi connectivity index (χ1) is 14.0. The van der Waals surface area contributed by atoms with Crippen LogP contribution in [-0.4, -0.2) is 46.9 Å². The number of methoxy groups -OCH3 is 2. The van der Waals surface area contributed by atoms with Crippen LogP contribution in [0.4, 0.5) is 20.2 Å². The second kappa shape index (κ2) is 11.2. The third-order valence-corrected chi connectivity index (χ3v) is 4.98. The Morgan fingerprint density at radius 3 is 2.53 bits per heavy atom. The number of benzene rings is 2. The number of nitrogens with zero attached hydrogens (tertiary/aromatic N) is 2. The van der Waals surface area contributed by atoms with Crippen molar-refractivity contribution in [3.8, 4) is 11.5 Å². The van der Waals surface area contributed by atoms with Crippen molar-refractivity contribution in [1.82, 2.24) is 5.32 Å². The first-order valence-corrected chi connectivity index (χ1v) is 9.43. The minimum atomic E-state index is -0.823. The topological polar surface area (TPSA) is 58.1 Å². The largest absolute Gasteiger partial charge is 0.493 e. The SMILES string of the molecule is CN=C(NCC1CCN(c2ccc(F)c(F)c2)C1)Nc1ccc(OC)c(OC)c1.I. The number of guanidine groups is 1. The fraction of sp³-hybridized carbons (Fsp3) is 0.381. The van der Waals surface area contributed by atoms with Crippen molar-refractivity contribution in [1.29, 1.82) is 0 Å². The molecule has 1 fully saturated rings. The third kappa shape index (κ3) is 5.87. The van der Waals surface area contributed by atoms with Gasteiger partial charge in [0.25, 0.3) is 0 Å². The normalized spacial score (nSPS) is 16.1. The number of hydrogen-bond acceptors (Lipinski definition) is 4. The molecule has 1 saturated heterocycles. The highest BCUT2D eigenvalue weighted by Crippen LogP contribution is 2.29. The maximum absolute atomic E-state index is 13.5. The van der Waals surface area contributed by atoms with Gasteiger partial charge in [-0.1, -0.05) is 0 Å². The molecule has 3 rings (SSSR count). The lowest BCUT2D eigenvalue weighted by atomic mass is 10.1. The highest BCUT2D eigenvalue weighted by atomic mass is 127. The lowest BCUT2D eigenvalue weighted by molar-refractivity contribution is 0.355. The first-order valence-electron chi connectivity index (χ1n) is 9.43. The van der Waals surface area contributed by atoms with Gasteiger partial charge in [0.05, 0.1) is 14.2 Å². The maximum atomic E-state index is 13.5. The van der Waals surface area contributed by atoms with Gasteiger partial charge in [0.2, 0.25) is 0 Å². The van der Waals surface area contributed by atoms with Gasteiger partial charge in [0, 0.05) is 50.2 Å². The predicted molar refractivity (Wildman–Crippen MR) is 127 cm³/mol. The molecule has 0 saturated carbocycles. The number of hydrogen-bond donors (Lipinski definition) is 2. The van der Waals surface area contributed by atoms with Crippen LogP contribution in [0, 0.1) is 17.6 Å². The minimum absolute atomic E-state index is 0. The molecule has 0 radical (unpaired) electrons. The predicted octanol–water partition coefficient (Wildman–Crippen LogP) is 4.11. The maximum Gasteiger partial charge on any atom is 0.195 e. The highest BCUT2D eigenvalue weighted by molar-refractivity contribution is 14.0. The van der Waals surface area contributed by atoms with E-state index in [1.807, 2.05) is 18.2 Å². The van der Waals surface area contributed by atoms with Gasteiger partial charge in [0.15, 0.2) is 29.1 Å². The second-order valence-corrected chi connectivity index (χ2v) is 6.85. The molecule has 2 aromatic carbocycles. The van der Waals surface area contributed by atoms with E-state index in [1.165, 1.54) is 12.1 Å². The van der Waals surface area contributed by atoms with Gasteiger partial charge in [-0.15, -0.1) is 24.0 Å². The van der Waals surface area contributed by atoms with E-state index in [4.69, 9.17) is 9.47 Å². The summed E-state index contributed by atoms with van der Waals surface area (Å²) in [5.41, 5.74) is 1.53. The van der Waals surface area contributed by atoms with Crippen LogP contribution >= 0.6 is 24.0 Å². The number of rotatable bonds is 6. The number of ether oxygens (including phenoxy) is 2. The van der Waals surface area contributed by atoms with Crippen LogP contribution in [0.15, 0.2) is 41.4 Å². The van der Waals surface area contributed by atoms with Crippen LogP contribution in [0.25, 0.3) is 0 Å². The molecule has 2 N–H and O–H groups in total. The Labute approximate surface area is 192 Å². The van der Waals surface area contributed by atoms with E-state index in [9.17, 15) is 8.78 Å². The van der Waals surface area contributed by atoms with Gasteiger partial charge in [-0.3, -0.25) is 4.99 Å². The monoisotopic (exact) mass is 532 g/mol. The summed E-state index contributed by atoms with van der Waals surface area (Å²) in [6.07, 6.45) is 0.958. The smallest absolute Gasteiger partial charge is 0.195 e. The summed E-state index contributed by atoms with van der Waals surface area (Å²) in [4.78, 5) is 6.33. The molecule has 1 atom stereocenters. The van der Waals surface area contributed by atoms with Crippen LogP contribution in [-0.2, 0) is 0 Å². The lowest BCUT2D eigenvalue weighted by Crippen LogP contribution is -2.35. The Hall–Kier alpha value is -2.30. The van der Waals surface area contributed by atoms with Crippen molar-refractivity contribution in [2.45, 2.75) is 6.42 Å². The van der Waals surface area contributed by atoms with Gasteiger partial charge in [-0.05, 0) is 36.6 Å². The molecule has 2 aromatic rings. The first kappa shape index (κ1) is 24.0. The lowest BCUT2D eigenvalue weighted by Gasteiger charge is -2.20. The quantitative estimate of drug-likeness (QED) is 0.333. The summed E-state index contributed by atoms with van der Waals surface area (Å²) in [6, 6.07) is 9.59. The average Bonchev–Trinajstić information content (AvgIpc) is 3.21. The standard InChI is InChI=1S/C21H26F2N4O2.HI/c1-24-21(26-15-4-7-19(28-2)20(10-15)29-3)25-12-14-8-9-27(13-14)16-5-6-17(22)18(23)11-16;/h4-7,10-11,14H,8-9,12-13H2,1-3H3,(H2,24,25,26);1H. The van der Waals surface area contributed by atoms with E-state index >= 15 is 0 Å². The molecular formula is C21H27F2IN4O2. The van der Waals surface area contributed by atoms with E-state index in [1.54, 1.807) is 27.3 Å². The van der Waals surface area contributed by atoms with Gasteiger partial charge >= 0.3 is 0 Å². The summed E-state index contributed by atoms with van der Waals surface area (Å²) < 4.78 is 37.2. The Morgan fingerprint density at radius 2 is 1.87 bits per heavy atom. The molecule has 1 heterocycles. The van der Waals surface area contributed by atoms with Crippen molar-refractivity contribution in [2.75, 3.05) is 51.1 Å². The van der Waals surface area contributed by atoms with Crippen LogP contribution < -0.4 is 25.0 Å². The molecule has 1 aliphatic rings. The Balaban J connectivity index is 0.00000320. The summed E-state index contributed by atoms with van der Waals surface area (Å²) in [7, 11) is 4.89. The fourth-order valence-electron chi connectivity index (χ4n) is 3.39. The summed E-state index contributed by atoms with van der Waals surface area (Å²) >= 11 is 0. The van der Waals surface area contributed by atoms with Crippen molar-refractivity contribution in [2.24, 2.45) is 10.9 Å². The fourth-order valence-corrected chi connectivity index (χ4v) is 3.39. The van der Waals surface area contributed by atoms with E-state index in [0.29, 0.717) is 35.6 Å². The Kier molecular flexibility index (Phi) is 8.94. The van der Waals surface area contributed by atoms with Gasteiger partial charge < -0.3 is 25.0 Å². The number of nitrogens with one attached hydrogen (secondary N) is 2. The zero-order chi connectivity index (χ0) is 20.8. The molecule has 1 aliphatic heterocycles. The minimum Gasteiger partial charge on any atom is -0.493 e. The molecule has 0 amide bonds. The van der Waals surface area contributed by atoms with E-state index in [-0.39, 0.29) is 24.0 Å². The molecule has 0 aliphatic carbocycles. The Bertz CT molecular complexity index is 882. The molecule has 30 heavy (non-hydrogen) atoms. The van der Waals surface area contributed by atoms with Crippen molar-refractivity contribution >= 4 is 41.3 Å². The zero-order valence-corrected chi connectivity index (χ0v) is 19.6. The van der Waals surface area contributed by atoms with Gasteiger partial charge in [-0.25, -0.2) is 8.78 Å². The molecule has 6 nitrogen and oxygen atoms in total. The third-order valence-electron chi connectivity index (χ3n) is 4.98.